The van der Waals surface area contributed by atoms with Crippen molar-refractivity contribution in [3.63, 3.8) is 0 Å². The summed E-state index contributed by atoms with van der Waals surface area (Å²) in [5, 5.41) is 2.64. The highest BCUT2D eigenvalue weighted by molar-refractivity contribution is 8.27. The zero-order chi connectivity index (χ0) is 23.7. The fraction of sp³-hybridized carbons (Fsp3) is 0.0370. The number of thioether (sulfide) groups is 1. The second-order valence-corrected chi connectivity index (χ2v) is 9.72. The van der Waals surface area contributed by atoms with Crippen LogP contribution in [0.3, 0.4) is 0 Å². The Morgan fingerprint density at radius 3 is 2.59 bits per heavy atom. The Labute approximate surface area is 210 Å². The van der Waals surface area contributed by atoms with Crippen molar-refractivity contribution in [3.05, 3.63) is 112 Å². The SMILES string of the molecule is O=C1/C(=C/c2c(OCc3ccc(Cl)cc3)ccc3ccccc23)SC(=S)N1c1cccc(F)c1. The number of fused-ring (bicyclic) bond motifs is 1. The van der Waals surface area contributed by atoms with Gasteiger partial charge in [0, 0.05) is 10.6 Å². The summed E-state index contributed by atoms with van der Waals surface area (Å²) in [5.41, 5.74) is 2.16. The van der Waals surface area contributed by atoms with E-state index < -0.39 is 5.82 Å². The van der Waals surface area contributed by atoms with Crippen LogP contribution in [-0.4, -0.2) is 10.2 Å². The first kappa shape index (κ1) is 22.6. The molecule has 0 N–H and O–H groups in total. The van der Waals surface area contributed by atoms with Crippen LogP contribution in [0.5, 0.6) is 5.75 Å². The van der Waals surface area contributed by atoms with Crippen LogP contribution >= 0.6 is 35.6 Å². The van der Waals surface area contributed by atoms with E-state index in [0.717, 1.165) is 21.9 Å². The van der Waals surface area contributed by atoms with Gasteiger partial charge in [-0.25, -0.2) is 4.39 Å². The number of amides is 1. The predicted octanol–water partition coefficient (Wildman–Crippen LogP) is 7.62. The van der Waals surface area contributed by atoms with Crippen molar-refractivity contribution in [3.8, 4) is 5.75 Å². The topological polar surface area (TPSA) is 29.5 Å². The largest absolute Gasteiger partial charge is 0.488 e. The van der Waals surface area contributed by atoms with Crippen molar-refractivity contribution in [1.29, 1.82) is 0 Å². The average Bonchev–Trinajstić information content (AvgIpc) is 3.12. The Balaban J connectivity index is 1.53. The third-order valence-corrected chi connectivity index (χ3v) is 6.93. The maximum absolute atomic E-state index is 13.8. The second kappa shape index (κ2) is 9.58. The molecule has 1 aliphatic heterocycles. The Morgan fingerprint density at radius 1 is 1.00 bits per heavy atom. The second-order valence-electron chi connectivity index (χ2n) is 7.61. The van der Waals surface area contributed by atoms with Gasteiger partial charge in [0.15, 0.2) is 4.32 Å². The molecule has 0 unspecified atom stereocenters. The van der Waals surface area contributed by atoms with Gasteiger partial charge < -0.3 is 4.74 Å². The van der Waals surface area contributed by atoms with Crippen molar-refractivity contribution in [2.75, 3.05) is 4.90 Å². The summed E-state index contributed by atoms with van der Waals surface area (Å²) < 4.78 is 20.3. The molecule has 0 aromatic heterocycles. The summed E-state index contributed by atoms with van der Waals surface area (Å²) in [6.45, 7) is 0.348. The molecule has 1 saturated heterocycles. The van der Waals surface area contributed by atoms with Crippen LogP contribution in [0.4, 0.5) is 10.1 Å². The number of carbonyl (C=O) groups is 1. The lowest BCUT2D eigenvalue weighted by Crippen LogP contribution is -2.27. The van der Waals surface area contributed by atoms with Crippen LogP contribution in [-0.2, 0) is 11.4 Å². The van der Waals surface area contributed by atoms with Crippen LogP contribution in [0, 0.1) is 5.82 Å². The summed E-state index contributed by atoms with van der Waals surface area (Å²) in [5.74, 6) is -0.0793. The van der Waals surface area contributed by atoms with Crippen molar-refractivity contribution in [1.82, 2.24) is 0 Å². The van der Waals surface area contributed by atoms with Gasteiger partial charge in [0.1, 0.15) is 18.2 Å². The van der Waals surface area contributed by atoms with E-state index in [0.29, 0.717) is 32.3 Å². The number of hydrogen-bond donors (Lipinski definition) is 0. The zero-order valence-electron chi connectivity index (χ0n) is 17.7. The molecule has 3 nitrogen and oxygen atoms in total. The van der Waals surface area contributed by atoms with Crippen LogP contribution in [0.1, 0.15) is 11.1 Å². The van der Waals surface area contributed by atoms with E-state index >= 15 is 0 Å². The molecule has 4 aromatic rings. The highest BCUT2D eigenvalue weighted by Gasteiger charge is 2.33. The van der Waals surface area contributed by atoms with Gasteiger partial charge in [-0.15, -0.1) is 0 Å². The number of halogens is 2. The third-order valence-electron chi connectivity index (χ3n) is 5.37. The summed E-state index contributed by atoms with van der Waals surface area (Å²) in [4.78, 5) is 15.1. The fourth-order valence-electron chi connectivity index (χ4n) is 3.73. The van der Waals surface area contributed by atoms with E-state index in [1.807, 2.05) is 60.7 Å². The maximum Gasteiger partial charge on any atom is 0.270 e. The minimum atomic E-state index is -0.428. The van der Waals surface area contributed by atoms with E-state index in [1.165, 1.54) is 28.8 Å². The van der Waals surface area contributed by atoms with Crippen LogP contribution in [0.25, 0.3) is 16.8 Å². The fourth-order valence-corrected chi connectivity index (χ4v) is 5.14. The van der Waals surface area contributed by atoms with Gasteiger partial charge in [0.05, 0.1) is 10.6 Å². The molecule has 1 aliphatic rings. The molecule has 0 bridgehead atoms. The molecule has 34 heavy (non-hydrogen) atoms. The average molecular weight is 506 g/mol. The lowest BCUT2D eigenvalue weighted by atomic mass is 10.0. The molecule has 0 spiro atoms. The zero-order valence-corrected chi connectivity index (χ0v) is 20.1. The molecule has 0 aliphatic carbocycles. The molecule has 0 saturated carbocycles. The van der Waals surface area contributed by atoms with Gasteiger partial charge in [0.25, 0.3) is 5.91 Å². The number of carbonyl (C=O) groups excluding carboxylic acids is 1. The molecule has 1 amide bonds. The normalized spacial score (nSPS) is 14.9. The predicted molar refractivity (Wildman–Crippen MR) is 142 cm³/mol. The molecular weight excluding hydrogens is 489 g/mol. The first-order chi connectivity index (χ1) is 16.5. The standard InChI is InChI=1S/C27H17ClFNO2S2/c28-19-11-8-17(9-12-19)16-32-24-13-10-18-4-1-2-7-22(18)23(24)15-25-26(31)30(27(33)34-25)21-6-3-5-20(29)14-21/h1-15H,16H2/b25-15-. The molecule has 1 heterocycles. The van der Waals surface area contributed by atoms with E-state index in [1.54, 1.807) is 18.2 Å². The molecule has 168 valence electrons. The van der Waals surface area contributed by atoms with Gasteiger partial charge >= 0.3 is 0 Å². The van der Waals surface area contributed by atoms with Crippen molar-refractivity contribution in [2.45, 2.75) is 6.61 Å². The molecule has 5 rings (SSSR count). The van der Waals surface area contributed by atoms with E-state index in [4.69, 9.17) is 28.6 Å². The van der Waals surface area contributed by atoms with E-state index in [2.05, 4.69) is 0 Å². The molecule has 1 fully saturated rings. The van der Waals surface area contributed by atoms with Gasteiger partial charge in [-0.1, -0.05) is 84.1 Å². The Kier molecular flexibility index (Phi) is 6.37. The monoisotopic (exact) mass is 505 g/mol. The van der Waals surface area contributed by atoms with Gasteiger partial charge in [-0.3, -0.25) is 9.69 Å². The molecule has 0 radical (unpaired) electrons. The minimum absolute atomic E-state index is 0.294. The van der Waals surface area contributed by atoms with Crippen molar-refractivity contribution < 1.29 is 13.9 Å². The minimum Gasteiger partial charge on any atom is -0.488 e. The van der Waals surface area contributed by atoms with Crippen LogP contribution in [0.2, 0.25) is 5.02 Å². The van der Waals surface area contributed by atoms with Gasteiger partial charge in [-0.2, -0.15) is 0 Å². The Morgan fingerprint density at radius 2 is 1.79 bits per heavy atom. The lowest BCUT2D eigenvalue weighted by Gasteiger charge is -2.14. The van der Waals surface area contributed by atoms with Gasteiger partial charge in [0.2, 0.25) is 0 Å². The summed E-state index contributed by atoms with van der Waals surface area (Å²) in [6.07, 6.45) is 1.80. The summed E-state index contributed by atoms with van der Waals surface area (Å²) in [7, 11) is 0. The lowest BCUT2D eigenvalue weighted by molar-refractivity contribution is -0.113. The quantitative estimate of drug-likeness (QED) is 0.206. The molecule has 7 heteroatoms. The maximum atomic E-state index is 13.8. The van der Waals surface area contributed by atoms with E-state index in [-0.39, 0.29) is 5.91 Å². The number of nitrogens with zero attached hydrogens (tertiary/aromatic N) is 1. The first-order valence-electron chi connectivity index (χ1n) is 10.4. The number of thiocarbonyl (C=S) groups is 1. The number of anilines is 1. The van der Waals surface area contributed by atoms with E-state index in [9.17, 15) is 9.18 Å². The van der Waals surface area contributed by atoms with Crippen molar-refractivity contribution in [2.24, 2.45) is 0 Å². The number of rotatable bonds is 5. The molecule has 0 atom stereocenters. The van der Waals surface area contributed by atoms with Crippen molar-refractivity contribution >= 4 is 68.3 Å². The first-order valence-corrected chi connectivity index (χ1v) is 12.0. The molecule has 4 aromatic carbocycles. The highest BCUT2D eigenvalue weighted by Crippen LogP contribution is 2.39. The Bertz CT molecular complexity index is 1450. The third kappa shape index (κ3) is 4.57. The Hall–Kier alpha value is -3.19. The van der Waals surface area contributed by atoms with Crippen LogP contribution < -0.4 is 9.64 Å². The van der Waals surface area contributed by atoms with Crippen LogP contribution in [0.15, 0.2) is 89.8 Å². The van der Waals surface area contributed by atoms with Gasteiger partial charge in [-0.05, 0) is 58.8 Å². The highest BCUT2D eigenvalue weighted by atomic mass is 35.5. The summed E-state index contributed by atoms with van der Waals surface area (Å²) in [6, 6.07) is 25.1. The molecular formula is C27H17ClFNO2S2. The smallest absolute Gasteiger partial charge is 0.270 e. The number of ether oxygens (including phenoxy) is 1. The number of benzene rings is 4. The number of hydrogen-bond acceptors (Lipinski definition) is 4. The summed E-state index contributed by atoms with van der Waals surface area (Å²) >= 11 is 12.6.